The van der Waals surface area contributed by atoms with E-state index in [-0.39, 0.29) is 11.8 Å². The summed E-state index contributed by atoms with van der Waals surface area (Å²) in [6, 6.07) is 54.8. The fraction of sp³-hybridized carbons (Fsp3) is 0.0625. The summed E-state index contributed by atoms with van der Waals surface area (Å²) >= 11 is 0. The molecule has 0 bridgehead atoms. The van der Waals surface area contributed by atoms with Crippen molar-refractivity contribution < 1.29 is 4.74 Å². The molecule has 6 aromatic carbocycles. The summed E-state index contributed by atoms with van der Waals surface area (Å²) < 4.78 is 6.67. The minimum atomic E-state index is -0.531. The van der Waals surface area contributed by atoms with E-state index in [4.69, 9.17) is 14.7 Å². The Kier molecular flexibility index (Phi) is 6.87. The third-order valence-electron chi connectivity index (χ3n) is 10.9. The van der Waals surface area contributed by atoms with E-state index in [9.17, 15) is 5.26 Å². The molecule has 244 valence electrons. The van der Waals surface area contributed by atoms with Crippen LogP contribution in [-0.4, -0.2) is 9.97 Å². The average molecular weight is 666 g/mol. The third-order valence-corrected chi connectivity index (χ3v) is 10.9. The molecule has 4 heteroatoms. The second-order valence-corrected chi connectivity index (χ2v) is 13.6. The Bertz CT molecular complexity index is 2560. The number of hydrogen-bond acceptors (Lipinski definition) is 4. The third kappa shape index (κ3) is 4.53. The van der Waals surface area contributed by atoms with E-state index in [0.717, 1.165) is 56.1 Å². The highest BCUT2D eigenvalue weighted by molar-refractivity contribution is 5.78. The summed E-state index contributed by atoms with van der Waals surface area (Å²) in [5.41, 5.74) is 11.8. The van der Waals surface area contributed by atoms with Crippen molar-refractivity contribution in [1.29, 1.82) is 5.26 Å². The molecule has 0 radical (unpaired) electrons. The topological polar surface area (TPSA) is 58.8 Å². The average Bonchev–Trinajstić information content (AvgIpc) is 3.52. The molecule has 3 unspecified atom stereocenters. The lowest BCUT2D eigenvalue weighted by molar-refractivity contribution is 0.373. The van der Waals surface area contributed by atoms with Crippen LogP contribution < -0.4 is 4.74 Å². The molecule has 52 heavy (non-hydrogen) atoms. The standard InChI is InChI=1S/C48H31N3O/c49-30-36-16-11-21-41-46(36)52-45-27-26-35(28-42(45)48(41)39-19-9-7-17-37(39)38-18-8-10-20-40(38)48)31-22-24-33(25-23-31)44-29-43(32-12-3-1-4-13-32)50-47(51-44)34-14-5-2-6-15-34/h1-29,37,39H. The van der Waals surface area contributed by atoms with Gasteiger partial charge in [0, 0.05) is 39.7 Å². The van der Waals surface area contributed by atoms with E-state index in [2.05, 4.69) is 121 Å². The van der Waals surface area contributed by atoms with Crippen LogP contribution in [0.15, 0.2) is 176 Å². The van der Waals surface area contributed by atoms with Gasteiger partial charge in [0.05, 0.1) is 22.4 Å². The summed E-state index contributed by atoms with van der Waals surface area (Å²) in [5.74, 6) is 2.48. The van der Waals surface area contributed by atoms with E-state index in [1.54, 1.807) is 0 Å². The molecule has 0 saturated heterocycles. The van der Waals surface area contributed by atoms with E-state index in [1.807, 2.05) is 60.7 Å². The fourth-order valence-electron chi connectivity index (χ4n) is 8.60. The van der Waals surface area contributed by atoms with Gasteiger partial charge in [0.25, 0.3) is 0 Å². The first-order valence-electron chi connectivity index (χ1n) is 17.6. The molecular weight excluding hydrogens is 635 g/mol. The van der Waals surface area contributed by atoms with Crippen LogP contribution >= 0.6 is 0 Å². The summed E-state index contributed by atoms with van der Waals surface area (Å²) in [5, 5.41) is 10.2. The van der Waals surface area contributed by atoms with Gasteiger partial charge in [-0.05, 0) is 46.5 Å². The Labute approximate surface area is 302 Å². The monoisotopic (exact) mass is 665 g/mol. The summed E-state index contributed by atoms with van der Waals surface area (Å²) in [6.07, 6.45) is 8.99. The largest absolute Gasteiger partial charge is 0.455 e. The van der Waals surface area contributed by atoms with Gasteiger partial charge in [0.15, 0.2) is 5.82 Å². The van der Waals surface area contributed by atoms with Crippen LogP contribution in [0.5, 0.6) is 11.5 Å². The molecule has 2 heterocycles. The first-order chi connectivity index (χ1) is 25.7. The smallest absolute Gasteiger partial charge is 0.160 e. The van der Waals surface area contributed by atoms with E-state index >= 15 is 0 Å². The number of benzene rings is 6. The number of rotatable bonds is 4. The molecule has 7 aromatic rings. The number of para-hydroxylation sites is 1. The number of hydrogen-bond donors (Lipinski definition) is 0. The molecule has 3 atom stereocenters. The predicted octanol–water partition coefficient (Wildman–Crippen LogP) is 11.3. The molecule has 1 aliphatic heterocycles. The van der Waals surface area contributed by atoms with E-state index in [1.165, 1.54) is 11.1 Å². The second kappa shape index (κ2) is 11.9. The Morgan fingerprint density at radius 2 is 1.17 bits per heavy atom. The van der Waals surface area contributed by atoms with Gasteiger partial charge in [0.1, 0.15) is 17.6 Å². The molecule has 1 aromatic heterocycles. The van der Waals surface area contributed by atoms with Crippen LogP contribution in [0.25, 0.3) is 45.0 Å². The van der Waals surface area contributed by atoms with Gasteiger partial charge >= 0.3 is 0 Å². The quantitative estimate of drug-likeness (QED) is 0.188. The maximum Gasteiger partial charge on any atom is 0.160 e. The van der Waals surface area contributed by atoms with Crippen molar-refractivity contribution in [3.63, 3.8) is 0 Å². The fourth-order valence-corrected chi connectivity index (χ4v) is 8.60. The highest BCUT2D eigenvalue weighted by Gasteiger charge is 2.57. The van der Waals surface area contributed by atoms with Crippen molar-refractivity contribution in [2.45, 2.75) is 11.3 Å². The van der Waals surface area contributed by atoms with Crippen molar-refractivity contribution >= 4 is 0 Å². The van der Waals surface area contributed by atoms with Crippen molar-refractivity contribution in [3.8, 4) is 62.6 Å². The Morgan fingerprint density at radius 3 is 1.94 bits per heavy atom. The Balaban J connectivity index is 1.11. The van der Waals surface area contributed by atoms with Crippen LogP contribution in [0.3, 0.4) is 0 Å². The van der Waals surface area contributed by atoms with Crippen molar-refractivity contribution in [1.82, 2.24) is 9.97 Å². The van der Waals surface area contributed by atoms with Gasteiger partial charge in [-0.1, -0.05) is 152 Å². The normalized spacial score (nSPS) is 18.8. The lowest BCUT2D eigenvalue weighted by Crippen LogP contribution is -2.38. The van der Waals surface area contributed by atoms with Crippen molar-refractivity contribution in [3.05, 3.63) is 204 Å². The summed E-state index contributed by atoms with van der Waals surface area (Å²) in [4.78, 5) is 10.0. The highest BCUT2D eigenvalue weighted by atomic mass is 16.5. The zero-order valence-electron chi connectivity index (χ0n) is 28.1. The van der Waals surface area contributed by atoms with Crippen molar-refractivity contribution in [2.75, 3.05) is 0 Å². The molecule has 0 N–H and O–H groups in total. The lowest BCUT2D eigenvalue weighted by atomic mass is 9.61. The van der Waals surface area contributed by atoms with Gasteiger partial charge < -0.3 is 4.74 Å². The molecule has 0 fully saturated rings. The minimum Gasteiger partial charge on any atom is -0.455 e. The van der Waals surface area contributed by atoms with Crippen LogP contribution in [-0.2, 0) is 5.41 Å². The van der Waals surface area contributed by atoms with Gasteiger partial charge in [-0.15, -0.1) is 0 Å². The van der Waals surface area contributed by atoms with Gasteiger partial charge in [-0.25, -0.2) is 9.97 Å². The Morgan fingerprint density at radius 1 is 0.538 bits per heavy atom. The van der Waals surface area contributed by atoms with Crippen LogP contribution in [0.2, 0.25) is 0 Å². The summed E-state index contributed by atoms with van der Waals surface area (Å²) in [6.45, 7) is 0. The first-order valence-corrected chi connectivity index (χ1v) is 17.6. The van der Waals surface area contributed by atoms with E-state index in [0.29, 0.717) is 17.1 Å². The van der Waals surface area contributed by atoms with Crippen LogP contribution in [0.4, 0.5) is 0 Å². The zero-order valence-corrected chi connectivity index (χ0v) is 28.1. The first kappa shape index (κ1) is 30.0. The number of nitrogens with zero attached hydrogens (tertiary/aromatic N) is 3. The molecule has 10 rings (SSSR count). The maximum atomic E-state index is 10.2. The second-order valence-electron chi connectivity index (χ2n) is 13.6. The zero-order chi connectivity index (χ0) is 34.6. The number of fused-ring (bicyclic) bond motifs is 9. The lowest BCUT2D eigenvalue weighted by Gasteiger charge is -2.43. The number of ether oxygens (including phenoxy) is 1. The van der Waals surface area contributed by atoms with Crippen LogP contribution in [0.1, 0.15) is 33.7 Å². The SMILES string of the molecule is N#Cc1cccc2c1Oc1ccc(-c3ccc(-c4cc(-c5ccccc5)nc(-c5ccccc5)n4)cc3)cc1C21c2ccccc2C2C=CC=CC21. The molecule has 0 amide bonds. The van der Waals surface area contributed by atoms with Gasteiger partial charge in [0.2, 0.25) is 0 Å². The molecular formula is C48H31N3O. The molecule has 3 aliphatic rings. The van der Waals surface area contributed by atoms with Gasteiger partial charge in [-0.2, -0.15) is 5.26 Å². The van der Waals surface area contributed by atoms with Gasteiger partial charge in [-0.3, -0.25) is 0 Å². The Hall–Kier alpha value is -6.83. The van der Waals surface area contributed by atoms with Crippen molar-refractivity contribution in [2.24, 2.45) is 5.92 Å². The highest BCUT2D eigenvalue weighted by Crippen LogP contribution is 2.65. The molecule has 4 nitrogen and oxygen atoms in total. The number of nitriles is 1. The summed E-state index contributed by atoms with van der Waals surface area (Å²) in [7, 11) is 0. The predicted molar refractivity (Wildman–Crippen MR) is 206 cm³/mol. The molecule has 2 aliphatic carbocycles. The van der Waals surface area contributed by atoms with E-state index < -0.39 is 5.41 Å². The maximum absolute atomic E-state index is 10.2. The molecule has 1 spiro atoms. The molecule has 0 saturated carbocycles. The number of allylic oxidation sites excluding steroid dienone is 4. The number of aromatic nitrogens is 2. The van der Waals surface area contributed by atoms with Crippen LogP contribution in [0, 0.1) is 17.2 Å². The minimum absolute atomic E-state index is 0.123.